The Morgan fingerprint density at radius 2 is 2.00 bits per heavy atom. The SMILES string of the molecule is CC(=O)C(C)(O)CSc1ccccc1. The summed E-state index contributed by atoms with van der Waals surface area (Å²) in [4.78, 5) is 12.1. The second kappa shape index (κ2) is 4.62. The van der Waals surface area contributed by atoms with Crippen LogP contribution in [0.1, 0.15) is 13.8 Å². The first-order chi connectivity index (χ1) is 6.52. The van der Waals surface area contributed by atoms with E-state index in [1.165, 1.54) is 18.7 Å². The summed E-state index contributed by atoms with van der Waals surface area (Å²) in [5.41, 5.74) is -1.22. The third-order valence-corrected chi connectivity index (χ3v) is 3.33. The van der Waals surface area contributed by atoms with Gasteiger partial charge in [-0.05, 0) is 26.0 Å². The van der Waals surface area contributed by atoms with Crippen LogP contribution in [0.25, 0.3) is 0 Å². The summed E-state index contributed by atoms with van der Waals surface area (Å²) in [6, 6.07) is 9.73. The van der Waals surface area contributed by atoms with E-state index in [1.54, 1.807) is 6.92 Å². The maximum atomic E-state index is 11.0. The lowest BCUT2D eigenvalue weighted by Gasteiger charge is -2.18. The molecule has 0 bridgehead atoms. The van der Waals surface area contributed by atoms with Gasteiger partial charge in [-0.2, -0.15) is 0 Å². The van der Waals surface area contributed by atoms with Crippen molar-refractivity contribution in [3.05, 3.63) is 30.3 Å². The molecule has 0 spiro atoms. The van der Waals surface area contributed by atoms with E-state index in [-0.39, 0.29) is 5.78 Å². The summed E-state index contributed by atoms with van der Waals surface area (Å²) in [5, 5.41) is 9.68. The van der Waals surface area contributed by atoms with Gasteiger partial charge in [0.25, 0.3) is 0 Å². The molecule has 0 saturated carbocycles. The van der Waals surface area contributed by atoms with Crippen molar-refractivity contribution in [3.8, 4) is 0 Å². The molecule has 2 nitrogen and oxygen atoms in total. The highest BCUT2D eigenvalue weighted by Crippen LogP contribution is 2.22. The standard InChI is InChI=1S/C11H14O2S/c1-9(12)11(2,13)8-14-10-6-4-3-5-7-10/h3-7,13H,8H2,1-2H3. The van der Waals surface area contributed by atoms with Crippen molar-refractivity contribution in [2.24, 2.45) is 0 Å². The van der Waals surface area contributed by atoms with Gasteiger partial charge in [-0.15, -0.1) is 11.8 Å². The lowest BCUT2D eigenvalue weighted by atomic mass is 10.1. The number of benzene rings is 1. The Balaban J connectivity index is 2.53. The Morgan fingerprint density at radius 3 is 2.50 bits per heavy atom. The highest BCUT2D eigenvalue weighted by molar-refractivity contribution is 7.99. The van der Waals surface area contributed by atoms with Gasteiger partial charge in [0.2, 0.25) is 0 Å². The van der Waals surface area contributed by atoms with Gasteiger partial charge in [0.15, 0.2) is 5.78 Å². The van der Waals surface area contributed by atoms with Gasteiger partial charge in [-0.25, -0.2) is 0 Å². The minimum absolute atomic E-state index is 0.194. The summed E-state index contributed by atoms with van der Waals surface area (Å²) < 4.78 is 0. The summed E-state index contributed by atoms with van der Waals surface area (Å²) in [6.45, 7) is 2.96. The van der Waals surface area contributed by atoms with E-state index in [4.69, 9.17) is 0 Å². The second-order valence-corrected chi connectivity index (χ2v) is 4.48. The Hall–Kier alpha value is -0.800. The number of hydrogen-bond acceptors (Lipinski definition) is 3. The fraction of sp³-hybridized carbons (Fsp3) is 0.364. The van der Waals surface area contributed by atoms with Crippen molar-refractivity contribution in [2.45, 2.75) is 24.3 Å². The van der Waals surface area contributed by atoms with Crippen molar-refractivity contribution in [1.29, 1.82) is 0 Å². The Kier molecular flexibility index (Phi) is 3.72. The molecule has 0 fully saturated rings. The lowest BCUT2D eigenvalue weighted by molar-refractivity contribution is -0.131. The van der Waals surface area contributed by atoms with E-state index in [0.717, 1.165) is 4.90 Å². The zero-order chi connectivity index (χ0) is 10.6. The zero-order valence-electron chi connectivity index (χ0n) is 8.36. The number of rotatable bonds is 4. The maximum absolute atomic E-state index is 11.0. The van der Waals surface area contributed by atoms with Gasteiger partial charge in [0.1, 0.15) is 5.60 Å². The van der Waals surface area contributed by atoms with Crippen LogP contribution < -0.4 is 0 Å². The van der Waals surface area contributed by atoms with E-state index in [1.807, 2.05) is 30.3 Å². The third kappa shape index (κ3) is 3.16. The Bertz CT molecular complexity index is 306. The molecule has 76 valence electrons. The number of ketones is 1. The van der Waals surface area contributed by atoms with E-state index in [2.05, 4.69) is 0 Å². The highest BCUT2D eigenvalue weighted by Gasteiger charge is 2.25. The second-order valence-electron chi connectivity index (χ2n) is 3.43. The molecular formula is C11H14O2S. The molecule has 3 heteroatoms. The van der Waals surface area contributed by atoms with Crippen LogP contribution in [0.15, 0.2) is 35.2 Å². The quantitative estimate of drug-likeness (QED) is 0.773. The minimum atomic E-state index is -1.22. The topological polar surface area (TPSA) is 37.3 Å². The smallest absolute Gasteiger partial charge is 0.161 e. The summed E-state index contributed by atoms with van der Waals surface area (Å²) in [5.74, 6) is 0.202. The number of aliphatic hydroxyl groups is 1. The molecule has 0 aliphatic heterocycles. The summed E-state index contributed by atoms with van der Waals surface area (Å²) in [6.07, 6.45) is 0. The minimum Gasteiger partial charge on any atom is -0.382 e. The van der Waals surface area contributed by atoms with Crippen LogP contribution in [0.5, 0.6) is 0 Å². The molecule has 0 radical (unpaired) electrons. The Labute approximate surface area is 88.3 Å². The summed E-state index contributed by atoms with van der Waals surface area (Å²) >= 11 is 1.48. The lowest BCUT2D eigenvalue weighted by Crippen LogP contribution is -2.35. The maximum Gasteiger partial charge on any atom is 0.161 e. The van der Waals surface area contributed by atoms with E-state index >= 15 is 0 Å². The molecule has 14 heavy (non-hydrogen) atoms. The average molecular weight is 210 g/mol. The number of thioether (sulfide) groups is 1. The van der Waals surface area contributed by atoms with Crippen LogP contribution in [-0.2, 0) is 4.79 Å². The summed E-state index contributed by atoms with van der Waals surface area (Å²) in [7, 11) is 0. The predicted octanol–water partition coefficient (Wildman–Crippen LogP) is 2.12. The van der Waals surface area contributed by atoms with Crippen molar-refractivity contribution >= 4 is 17.5 Å². The van der Waals surface area contributed by atoms with Crippen LogP contribution in [0.2, 0.25) is 0 Å². The van der Waals surface area contributed by atoms with Crippen molar-refractivity contribution in [2.75, 3.05) is 5.75 Å². The van der Waals surface area contributed by atoms with Crippen LogP contribution in [0.3, 0.4) is 0 Å². The Morgan fingerprint density at radius 1 is 1.43 bits per heavy atom. The van der Waals surface area contributed by atoms with Crippen LogP contribution >= 0.6 is 11.8 Å². The number of carbonyl (C=O) groups is 1. The van der Waals surface area contributed by atoms with Crippen molar-refractivity contribution in [3.63, 3.8) is 0 Å². The average Bonchev–Trinajstić information content (AvgIpc) is 2.16. The van der Waals surface area contributed by atoms with Gasteiger partial charge in [0.05, 0.1) is 0 Å². The molecule has 1 atom stereocenters. The van der Waals surface area contributed by atoms with Gasteiger partial charge < -0.3 is 5.11 Å². The first-order valence-electron chi connectivity index (χ1n) is 4.43. The van der Waals surface area contributed by atoms with Gasteiger partial charge >= 0.3 is 0 Å². The molecule has 0 amide bonds. The van der Waals surface area contributed by atoms with Gasteiger partial charge in [0, 0.05) is 10.6 Å². The first kappa shape index (κ1) is 11.3. The molecule has 0 saturated heterocycles. The molecule has 1 aromatic carbocycles. The highest BCUT2D eigenvalue weighted by atomic mass is 32.2. The monoisotopic (exact) mass is 210 g/mol. The van der Waals surface area contributed by atoms with Crippen LogP contribution in [0.4, 0.5) is 0 Å². The predicted molar refractivity (Wildman–Crippen MR) is 58.5 cm³/mol. The molecule has 1 rings (SSSR count). The molecule has 1 unspecified atom stereocenters. The number of hydrogen-bond donors (Lipinski definition) is 1. The van der Waals surface area contributed by atoms with Gasteiger partial charge in [-0.3, -0.25) is 4.79 Å². The molecule has 1 N–H and O–H groups in total. The molecule has 0 aliphatic carbocycles. The molecule has 0 heterocycles. The fourth-order valence-electron chi connectivity index (χ4n) is 0.842. The van der Waals surface area contributed by atoms with Crippen LogP contribution in [0, 0.1) is 0 Å². The number of Topliss-reactive ketones (excluding diaryl/α,β-unsaturated/α-hetero) is 1. The fourth-order valence-corrected chi connectivity index (χ4v) is 1.84. The van der Waals surface area contributed by atoms with E-state index < -0.39 is 5.60 Å². The van der Waals surface area contributed by atoms with E-state index in [9.17, 15) is 9.90 Å². The van der Waals surface area contributed by atoms with Crippen LogP contribution in [-0.4, -0.2) is 22.2 Å². The molecule has 0 aromatic heterocycles. The number of carbonyl (C=O) groups excluding carboxylic acids is 1. The van der Waals surface area contributed by atoms with E-state index in [0.29, 0.717) is 5.75 Å². The third-order valence-electron chi connectivity index (χ3n) is 2.02. The zero-order valence-corrected chi connectivity index (χ0v) is 9.17. The normalized spacial score (nSPS) is 14.8. The molecular weight excluding hydrogens is 196 g/mol. The molecule has 1 aromatic rings. The van der Waals surface area contributed by atoms with Crippen molar-refractivity contribution < 1.29 is 9.90 Å². The largest absolute Gasteiger partial charge is 0.382 e. The molecule has 0 aliphatic rings. The first-order valence-corrected chi connectivity index (χ1v) is 5.42. The van der Waals surface area contributed by atoms with Crippen molar-refractivity contribution in [1.82, 2.24) is 0 Å². The van der Waals surface area contributed by atoms with Gasteiger partial charge in [-0.1, -0.05) is 18.2 Å².